The smallest absolute Gasteiger partial charge is 0.330 e. The van der Waals surface area contributed by atoms with Crippen molar-refractivity contribution in [3.63, 3.8) is 0 Å². The first-order valence-electron chi connectivity index (χ1n) is 6.39. The molecule has 1 aliphatic rings. The molecule has 0 aliphatic carbocycles. The fraction of sp³-hybridized carbons (Fsp3) is 0.400. The molecule has 1 saturated heterocycles. The van der Waals surface area contributed by atoms with Crippen LogP contribution in [0.2, 0.25) is 0 Å². The van der Waals surface area contributed by atoms with Crippen LogP contribution in [0.4, 0.5) is 0 Å². The van der Waals surface area contributed by atoms with E-state index in [0.29, 0.717) is 6.04 Å². The third-order valence-electron chi connectivity index (χ3n) is 3.26. The van der Waals surface area contributed by atoms with Crippen LogP contribution in [0.5, 0.6) is 0 Å². The molecule has 1 unspecified atom stereocenters. The number of nitrogens with one attached hydrogen (secondary N) is 1. The quantitative estimate of drug-likeness (QED) is 0.657. The van der Waals surface area contributed by atoms with E-state index in [9.17, 15) is 4.79 Å². The summed E-state index contributed by atoms with van der Waals surface area (Å²) in [5.41, 5.74) is 2.34. The monoisotopic (exact) mass is 245 g/mol. The second kappa shape index (κ2) is 6.36. The molecule has 2 rings (SSSR count). The fourth-order valence-corrected chi connectivity index (χ4v) is 2.21. The van der Waals surface area contributed by atoms with Gasteiger partial charge in [-0.3, -0.25) is 0 Å². The van der Waals surface area contributed by atoms with E-state index in [1.165, 1.54) is 38.0 Å². The highest BCUT2D eigenvalue weighted by molar-refractivity contribution is 5.86. The van der Waals surface area contributed by atoms with E-state index in [1.807, 2.05) is 12.1 Å². The van der Waals surface area contributed by atoms with Gasteiger partial charge in [0.2, 0.25) is 0 Å². The van der Waals surface area contributed by atoms with E-state index in [-0.39, 0.29) is 5.97 Å². The number of ether oxygens (including phenoxy) is 1. The summed E-state index contributed by atoms with van der Waals surface area (Å²) in [6, 6.07) is 8.80. The SMILES string of the molecule is COC(=O)C=Cc1ccc(C2CCCCN2)cc1. The molecular formula is C15H19NO2. The molecule has 3 heteroatoms. The summed E-state index contributed by atoms with van der Waals surface area (Å²) in [6.45, 7) is 1.11. The Hall–Kier alpha value is -1.61. The largest absolute Gasteiger partial charge is 0.466 e. The van der Waals surface area contributed by atoms with Crippen LogP contribution in [0, 0.1) is 0 Å². The van der Waals surface area contributed by atoms with Crippen molar-refractivity contribution in [1.82, 2.24) is 5.32 Å². The molecule has 1 fully saturated rings. The first kappa shape index (κ1) is 12.8. The maximum atomic E-state index is 11.0. The zero-order valence-electron chi connectivity index (χ0n) is 10.7. The molecule has 1 aromatic carbocycles. The number of rotatable bonds is 3. The summed E-state index contributed by atoms with van der Waals surface area (Å²) in [5.74, 6) is -0.326. The molecule has 0 spiro atoms. The summed E-state index contributed by atoms with van der Waals surface area (Å²) >= 11 is 0. The van der Waals surface area contributed by atoms with Crippen molar-refractivity contribution in [2.24, 2.45) is 0 Å². The second-order valence-corrected chi connectivity index (χ2v) is 4.53. The Morgan fingerprint density at radius 3 is 2.72 bits per heavy atom. The lowest BCUT2D eigenvalue weighted by atomic mass is 9.97. The van der Waals surface area contributed by atoms with Gasteiger partial charge in [-0.05, 0) is 36.6 Å². The number of methoxy groups -OCH3 is 1. The van der Waals surface area contributed by atoms with Crippen LogP contribution < -0.4 is 5.32 Å². The first-order chi connectivity index (χ1) is 8.79. The zero-order valence-corrected chi connectivity index (χ0v) is 10.7. The number of esters is 1. The van der Waals surface area contributed by atoms with Gasteiger partial charge in [-0.15, -0.1) is 0 Å². The molecule has 0 amide bonds. The van der Waals surface area contributed by atoms with E-state index in [1.54, 1.807) is 6.08 Å². The third kappa shape index (κ3) is 3.44. The summed E-state index contributed by atoms with van der Waals surface area (Å²) < 4.78 is 4.56. The molecule has 0 saturated carbocycles. The van der Waals surface area contributed by atoms with E-state index in [4.69, 9.17) is 0 Å². The Morgan fingerprint density at radius 2 is 2.11 bits per heavy atom. The van der Waals surface area contributed by atoms with Crippen LogP contribution >= 0.6 is 0 Å². The van der Waals surface area contributed by atoms with Crippen LogP contribution in [-0.2, 0) is 9.53 Å². The minimum atomic E-state index is -0.326. The van der Waals surface area contributed by atoms with Crippen molar-refractivity contribution in [3.8, 4) is 0 Å². The van der Waals surface area contributed by atoms with Crippen molar-refractivity contribution in [2.45, 2.75) is 25.3 Å². The van der Waals surface area contributed by atoms with Gasteiger partial charge < -0.3 is 10.1 Å². The maximum absolute atomic E-state index is 11.0. The number of hydrogen-bond donors (Lipinski definition) is 1. The molecule has 96 valence electrons. The number of piperidine rings is 1. The molecule has 0 bridgehead atoms. The van der Waals surface area contributed by atoms with Crippen molar-refractivity contribution < 1.29 is 9.53 Å². The van der Waals surface area contributed by atoms with E-state index in [2.05, 4.69) is 22.2 Å². The standard InChI is InChI=1S/C15H19NO2/c1-18-15(17)10-7-12-5-8-13(9-6-12)14-4-2-3-11-16-14/h5-10,14,16H,2-4,11H2,1H3. The van der Waals surface area contributed by atoms with E-state index < -0.39 is 0 Å². The van der Waals surface area contributed by atoms with Gasteiger partial charge in [0, 0.05) is 12.1 Å². The molecule has 1 heterocycles. The molecule has 0 radical (unpaired) electrons. The Balaban J connectivity index is 2.00. The first-order valence-corrected chi connectivity index (χ1v) is 6.39. The lowest BCUT2D eigenvalue weighted by Crippen LogP contribution is -2.26. The third-order valence-corrected chi connectivity index (χ3v) is 3.26. The molecule has 3 nitrogen and oxygen atoms in total. The van der Waals surface area contributed by atoms with Gasteiger partial charge in [-0.25, -0.2) is 4.79 Å². The molecule has 1 aromatic rings. The highest BCUT2D eigenvalue weighted by atomic mass is 16.5. The number of hydrogen-bond acceptors (Lipinski definition) is 3. The highest BCUT2D eigenvalue weighted by Crippen LogP contribution is 2.23. The van der Waals surface area contributed by atoms with Crippen LogP contribution in [0.3, 0.4) is 0 Å². The van der Waals surface area contributed by atoms with Gasteiger partial charge in [0.05, 0.1) is 7.11 Å². The zero-order chi connectivity index (χ0) is 12.8. The number of carbonyl (C=O) groups is 1. The Bertz CT molecular complexity index is 417. The Labute approximate surface area is 108 Å². The predicted octanol–water partition coefficient (Wildman–Crippen LogP) is 2.69. The minimum absolute atomic E-state index is 0.326. The van der Waals surface area contributed by atoms with Crippen LogP contribution in [0.25, 0.3) is 6.08 Å². The Morgan fingerprint density at radius 1 is 1.33 bits per heavy atom. The number of benzene rings is 1. The van der Waals surface area contributed by atoms with Crippen molar-refractivity contribution in [1.29, 1.82) is 0 Å². The molecule has 18 heavy (non-hydrogen) atoms. The highest BCUT2D eigenvalue weighted by Gasteiger charge is 2.13. The summed E-state index contributed by atoms with van der Waals surface area (Å²) in [4.78, 5) is 11.0. The average Bonchev–Trinajstić information content (AvgIpc) is 2.46. The minimum Gasteiger partial charge on any atom is -0.466 e. The number of carbonyl (C=O) groups excluding carboxylic acids is 1. The lowest BCUT2D eigenvalue weighted by molar-refractivity contribution is -0.134. The van der Waals surface area contributed by atoms with E-state index >= 15 is 0 Å². The van der Waals surface area contributed by atoms with E-state index in [0.717, 1.165) is 12.1 Å². The predicted molar refractivity (Wildman–Crippen MR) is 72.1 cm³/mol. The van der Waals surface area contributed by atoms with Gasteiger partial charge in [0.25, 0.3) is 0 Å². The fourth-order valence-electron chi connectivity index (χ4n) is 2.21. The van der Waals surface area contributed by atoms with Gasteiger partial charge in [0.15, 0.2) is 0 Å². The molecule has 0 aromatic heterocycles. The molecule has 1 atom stereocenters. The average molecular weight is 245 g/mol. The molecule has 1 N–H and O–H groups in total. The van der Waals surface area contributed by atoms with Crippen molar-refractivity contribution in [2.75, 3.05) is 13.7 Å². The maximum Gasteiger partial charge on any atom is 0.330 e. The lowest BCUT2D eigenvalue weighted by Gasteiger charge is -2.23. The van der Waals surface area contributed by atoms with Crippen LogP contribution in [0.15, 0.2) is 30.3 Å². The van der Waals surface area contributed by atoms with Gasteiger partial charge >= 0.3 is 5.97 Å². The summed E-state index contributed by atoms with van der Waals surface area (Å²) in [7, 11) is 1.38. The summed E-state index contributed by atoms with van der Waals surface area (Å²) in [5, 5.41) is 3.52. The van der Waals surface area contributed by atoms with Gasteiger partial charge in [-0.2, -0.15) is 0 Å². The van der Waals surface area contributed by atoms with Gasteiger partial charge in [-0.1, -0.05) is 30.7 Å². The van der Waals surface area contributed by atoms with Crippen LogP contribution in [0.1, 0.15) is 36.4 Å². The summed E-state index contributed by atoms with van der Waals surface area (Å²) in [6.07, 6.45) is 6.98. The van der Waals surface area contributed by atoms with Crippen molar-refractivity contribution in [3.05, 3.63) is 41.5 Å². The molecular weight excluding hydrogens is 226 g/mol. The second-order valence-electron chi connectivity index (χ2n) is 4.53. The van der Waals surface area contributed by atoms with Crippen molar-refractivity contribution >= 4 is 12.0 Å². The normalized spacial score (nSPS) is 19.9. The topological polar surface area (TPSA) is 38.3 Å². The Kier molecular flexibility index (Phi) is 4.53. The van der Waals surface area contributed by atoms with Crippen LogP contribution in [-0.4, -0.2) is 19.6 Å². The molecule has 1 aliphatic heterocycles. The van der Waals surface area contributed by atoms with Gasteiger partial charge in [0.1, 0.15) is 0 Å².